The third-order valence-corrected chi connectivity index (χ3v) is 4.28. The third-order valence-electron chi connectivity index (χ3n) is 2.53. The fourth-order valence-electron chi connectivity index (χ4n) is 1.67. The molecule has 1 atom stereocenters. The van der Waals surface area contributed by atoms with Crippen molar-refractivity contribution < 1.29 is 4.74 Å². The highest BCUT2D eigenvalue weighted by molar-refractivity contribution is 9.10. The van der Waals surface area contributed by atoms with Crippen molar-refractivity contribution in [3.05, 3.63) is 38.6 Å². The second kappa shape index (κ2) is 6.26. The number of nitrogens with one attached hydrogen (secondary N) is 1. The van der Waals surface area contributed by atoms with Crippen LogP contribution in [0.25, 0.3) is 0 Å². The summed E-state index contributed by atoms with van der Waals surface area (Å²) in [4.78, 5) is 0. The average molecular weight is 328 g/mol. The lowest BCUT2D eigenvalue weighted by atomic mass is 10.1. The Bertz CT molecular complexity index is 500. The second-order valence-corrected chi connectivity index (χ2v) is 5.26. The Morgan fingerprint density at radius 1 is 1.39 bits per heavy atom. The van der Waals surface area contributed by atoms with Gasteiger partial charge >= 0.3 is 0 Å². The number of halogens is 1. The topological polar surface area (TPSA) is 47.0 Å². The first-order valence-corrected chi connectivity index (χ1v) is 7.32. The average Bonchev–Trinajstić information content (AvgIpc) is 2.82. The maximum Gasteiger partial charge on any atom is 0.233 e. The molecule has 2 rings (SSSR count). The second-order valence-electron chi connectivity index (χ2n) is 3.67. The van der Waals surface area contributed by atoms with E-state index in [1.165, 1.54) is 5.56 Å². The van der Waals surface area contributed by atoms with Crippen molar-refractivity contribution in [2.75, 3.05) is 13.7 Å². The van der Waals surface area contributed by atoms with E-state index in [4.69, 9.17) is 4.74 Å². The van der Waals surface area contributed by atoms with Crippen LogP contribution in [0.1, 0.15) is 24.2 Å². The maximum atomic E-state index is 5.02. The third kappa shape index (κ3) is 2.88. The van der Waals surface area contributed by atoms with E-state index in [2.05, 4.69) is 49.1 Å². The normalized spacial score (nSPS) is 12.4. The molecule has 1 N–H and O–H groups in total. The first-order chi connectivity index (χ1) is 8.76. The van der Waals surface area contributed by atoms with Gasteiger partial charge < -0.3 is 10.1 Å². The van der Waals surface area contributed by atoms with E-state index in [9.17, 15) is 0 Å². The van der Waals surface area contributed by atoms with E-state index in [1.54, 1.807) is 18.4 Å². The minimum atomic E-state index is 0.0500. The molecular formula is C12H14BrN3OS. The Hall–Kier alpha value is -0.980. The summed E-state index contributed by atoms with van der Waals surface area (Å²) in [6, 6.07) is 3.81. The Labute approximate surface area is 119 Å². The lowest BCUT2D eigenvalue weighted by Crippen LogP contribution is -2.23. The number of rotatable bonds is 5. The smallest absolute Gasteiger partial charge is 0.233 e. The number of thiophene rings is 1. The van der Waals surface area contributed by atoms with Crippen LogP contribution in [0, 0.1) is 0 Å². The molecule has 0 radical (unpaired) electrons. The van der Waals surface area contributed by atoms with Crippen molar-refractivity contribution >= 4 is 27.3 Å². The fourth-order valence-corrected chi connectivity index (χ4v) is 3.22. The summed E-state index contributed by atoms with van der Waals surface area (Å²) in [6.07, 6.45) is 0. The van der Waals surface area contributed by atoms with Crippen LogP contribution in [0.5, 0.6) is 5.88 Å². The Morgan fingerprint density at radius 3 is 2.72 bits per heavy atom. The summed E-state index contributed by atoms with van der Waals surface area (Å²) in [6.45, 7) is 2.94. The minimum absolute atomic E-state index is 0.0500. The molecule has 96 valence electrons. The molecule has 1 unspecified atom stereocenters. The highest BCUT2D eigenvalue weighted by Crippen LogP contribution is 2.30. The summed E-state index contributed by atoms with van der Waals surface area (Å²) in [5, 5.41) is 15.8. The van der Waals surface area contributed by atoms with Crippen LogP contribution < -0.4 is 10.1 Å². The zero-order valence-corrected chi connectivity index (χ0v) is 12.6. The molecule has 0 fully saturated rings. The van der Waals surface area contributed by atoms with Gasteiger partial charge in [-0.05, 0) is 33.9 Å². The summed E-state index contributed by atoms with van der Waals surface area (Å²) in [5.74, 6) is 0.526. The molecule has 0 aliphatic carbocycles. The van der Waals surface area contributed by atoms with Crippen LogP contribution in [0.2, 0.25) is 0 Å². The SMILES string of the molecule is CCNC(c1ccc(OC)nn1)c1cscc1Br. The fraction of sp³-hybridized carbons (Fsp3) is 0.333. The zero-order valence-electron chi connectivity index (χ0n) is 10.2. The number of ether oxygens (including phenoxy) is 1. The van der Waals surface area contributed by atoms with Crippen molar-refractivity contribution in [3.63, 3.8) is 0 Å². The Balaban J connectivity index is 2.32. The number of hydrogen-bond acceptors (Lipinski definition) is 5. The Kier molecular flexibility index (Phi) is 4.68. The predicted octanol–water partition coefficient (Wildman–Crippen LogP) is 3.01. The summed E-state index contributed by atoms with van der Waals surface area (Å²) in [7, 11) is 1.58. The maximum absolute atomic E-state index is 5.02. The molecule has 0 saturated heterocycles. The van der Waals surface area contributed by atoms with Gasteiger partial charge in [0, 0.05) is 21.5 Å². The Morgan fingerprint density at radius 2 is 2.22 bits per heavy atom. The van der Waals surface area contributed by atoms with Gasteiger partial charge in [0.15, 0.2) is 0 Å². The summed E-state index contributed by atoms with van der Waals surface area (Å²) in [5.41, 5.74) is 2.07. The van der Waals surface area contributed by atoms with Gasteiger partial charge in [-0.1, -0.05) is 6.92 Å². The van der Waals surface area contributed by atoms with E-state index in [0.29, 0.717) is 5.88 Å². The van der Waals surface area contributed by atoms with E-state index in [0.717, 1.165) is 16.7 Å². The first kappa shape index (κ1) is 13.5. The number of hydrogen-bond donors (Lipinski definition) is 1. The molecule has 6 heteroatoms. The van der Waals surface area contributed by atoms with Crippen molar-refractivity contribution in [3.8, 4) is 5.88 Å². The van der Waals surface area contributed by atoms with E-state index in [1.807, 2.05) is 12.1 Å². The molecule has 2 aromatic rings. The highest BCUT2D eigenvalue weighted by Gasteiger charge is 2.18. The molecule has 4 nitrogen and oxygen atoms in total. The van der Waals surface area contributed by atoms with Gasteiger partial charge in [0.1, 0.15) is 0 Å². The highest BCUT2D eigenvalue weighted by atomic mass is 79.9. The van der Waals surface area contributed by atoms with Gasteiger partial charge in [-0.2, -0.15) is 11.3 Å². The van der Waals surface area contributed by atoms with Gasteiger partial charge in [-0.15, -0.1) is 10.2 Å². The van der Waals surface area contributed by atoms with E-state index >= 15 is 0 Å². The lowest BCUT2D eigenvalue weighted by molar-refractivity contribution is 0.390. The van der Waals surface area contributed by atoms with Gasteiger partial charge in [0.2, 0.25) is 5.88 Å². The standard InChI is InChI=1S/C12H14BrN3OS/c1-3-14-12(8-6-18-7-9(8)13)10-4-5-11(17-2)16-15-10/h4-7,12,14H,3H2,1-2H3. The lowest BCUT2D eigenvalue weighted by Gasteiger charge is -2.16. The van der Waals surface area contributed by atoms with Crippen LogP contribution in [-0.2, 0) is 0 Å². The van der Waals surface area contributed by atoms with Crippen LogP contribution in [0.4, 0.5) is 0 Å². The largest absolute Gasteiger partial charge is 0.480 e. The number of nitrogens with zero attached hydrogens (tertiary/aromatic N) is 2. The van der Waals surface area contributed by atoms with Gasteiger partial charge in [-0.3, -0.25) is 0 Å². The molecule has 0 aromatic carbocycles. The molecule has 0 saturated carbocycles. The molecule has 2 heterocycles. The molecule has 18 heavy (non-hydrogen) atoms. The molecule has 2 aromatic heterocycles. The van der Waals surface area contributed by atoms with Crippen LogP contribution in [0.15, 0.2) is 27.4 Å². The van der Waals surface area contributed by atoms with E-state index in [-0.39, 0.29) is 6.04 Å². The summed E-state index contributed by atoms with van der Waals surface area (Å²) >= 11 is 5.22. The van der Waals surface area contributed by atoms with Crippen LogP contribution >= 0.6 is 27.3 Å². The monoisotopic (exact) mass is 327 g/mol. The van der Waals surface area contributed by atoms with Gasteiger partial charge in [-0.25, -0.2) is 0 Å². The molecule has 0 spiro atoms. The number of methoxy groups -OCH3 is 1. The molecule has 0 aliphatic heterocycles. The zero-order chi connectivity index (χ0) is 13.0. The summed E-state index contributed by atoms with van der Waals surface area (Å²) < 4.78 is 6.12. The molecule has 0 amide bonds. The number of aromatic nitrogens is 2. The van der Waals surface area contributed by atoms with Crippen molar-refractivity contribution in [1.82, 2.24) is 15.5 Å². The minimum Gasteiger partial charge on any atom is -0.480 e. The molecular weight excluding hydrogens is 314 g/mol. The van der Waals surface area contributed by atoms with Crippen LogP contribution in [0.3, 0.4) is 0 Å². The quantitative estimate of drug-likeness (QED) is 0.917. The predicted molar refractivity (Wildman–Crippen MR) is 76.1 cm³/mol. The van der Waals surface area contributed by atoms with Gasteiger partial charge in [0.05, 0.1) is 18.8 Å². The van der Waals surface area contributed by atoms with Crippen molar-refractivity contribution in [1.29, 1.82) is 0 Å². The van der Waals surface area contributed by atoms with Crippen molar-refractivity contribution in [2.24, 2.45) is 0 Å². The van der Waals surface area contributed by atoms with Crippen LogP contribution in [-0.4, -0.2) is 23.9 Å². The molecule has 0 bridgehead atoms. The van der Waals surface area contributed by atoms with E-state index < -0.39 is 0 Å². The van der Waals surface area contributed by atoms with Gasteiger partial charge in [0.25, 0.3) is 0 Å². The molecule has 0 aliphatic rings. The van der Waals surface area contributed by atoms with Crippen molar-refractivity contribution in [2.45, 2.75) is 13.0 Å². The first-order valence-electron chi connectivity index (χ1n) is 5.58.